The number of benzene rings is 5. The van der Waals surface area contributed by atoms with Crippen molar-refractivity contribution < 1.29 is 46.2 Å². The molecule has 75 heavy (non-hydrogen) atoms. The number of carbonyl (C=O) groups is 4. The van der Waals surface area contributed by atoms with Crippen LogP contribution in [0.1, 0.15) is 111 Å². The van der Waals surface area contributed by atoms with Crippen LogP contribution in [-0.4, -0.2) is 75.8 Å². The molecule has 2 unspecified atom stereocenters. The third-order valence-corrected chi connectivity index (χ3v) is 13.4. The van der Waals surface area contributed by atoms with Gasteiger partial charge in [0.15, 0.2) is 11.6 Å². The van der Waals surface area contributed by atoms with Gasteiger partial charge in [0.25, 0.3) is 11.8 Å². The Bertz CT molecular complexity index is 3300. The summed E-state index contributed by atoms with van der Waals surface area (Å²) in [5, 5.41) is 8.37. The van der Waals surface area contributed by atoms with E-state index in [-0.39, 0.29) is 99.1 Å². The number of ether oxygens (including phenoxy) is 2. The van der Waals surface area contributed by atoms with Crippen LogP contribution in [0.2, 0.25) is 0 Å². The average molecular weight is 1020 g/mol. The molecule has 4 amide bonds. The van der Waals surface area contributed by atoms with Gasteiger partial charge in [0.05, 0.1) is 90.7 Å². The summed E-state index contributed by atoms with van der Waals surface area (Å²) < 4.78 is 69.0. The van der Waals surface area contributed by atoms with E-state index in [9.17, 15) is 36.7 Å². The van der Waals surface area contributed by atoms with E-state index in [1.807, 2.05) is 54.6 Å². The third-order valence-electron chi connectivity index (χ3n) is 13.4. The monoisotopic (exact) mass is 1020 g/mol. The predicted octanol–water partition coefficient (Wildman–Crippen LogP) is 8.92. The predicted molar refractivity (Wildman–Crippen MR) is 272 cm³/mol. The first-order valence-electron chi connectivity index (χ1n) is 23.6. The van der Waals surface area contributed by atoms with Crippen LogP contribution in [0, 0.1) is 23.3 Å². The Balaban J connectivity index is 0.000000202. The van der Waals surface area contributed by atoms with Gasteiger partial charge in [0.2, 0.25) is 11.8 Å². The second kappa shape index (κ2) is 22.3. The maximum absolute atomic E-state index is 14.8. The smallest absolute Gasteiger partial charge is 0.258 e. The molecule has 2 fully saturated rings. The number of rotatable bonds is 12. The van der Waals surface area contributed by atoms with Crippen molar-refractivity contribution in [3.8, 4) is 34.3 Å². The van der Waals surface area contributed by atoms with Crippen molar-refractivity contribution in [3.63, 3.8) is 0 Å². The van der Waals surface area contributed by atoms with Gasteiger partial charge in [-0.1, -0.05) is 75.5 Å². The summed E-state index contributed by atoms with van der Waals surface area (Å²) >= 11 is 0. The summed E-state index contributed by atoms with van der Waals surface area (Å²) in [5.41, 5.74) is 5.92. The second-order valence-corrected chi connectivity index (χ2v) is 17.9. The lowest BCUT2D eigenvalue weighted by molar-refractivity contribution is -0.121. The Morgan fingerprint density at radius 2 is 1.07 bits per heavy atom. The summed E-state index contributed by atoms with van der Waals surface area (Å²) in [6, 6.07) is 27.6. The fraction of sp³-hybridized carbons (Fsp3) is 0.263. The van der Waals surface area contributed by atoms with Crippen molar-refractivity contribution >= 4 is 23.6 Å². The molecule has 2 saturated heterocycles. The Morgan fingerprint density at radius 1 is 0.573 bits per heavy atom. The summed E-state index contributed by atoms with van der Waals surface area (Å²) in [4.78, 5) is 69.4. The zero-order valence-electron chi connectivity index (χ0n) is 39.5. The first kappa shape index (κ1) is 52.8. The second-order valence-electron chi connectivity index (χ2n) is 17.9. The zero-order chi connectivity index (χ0) is 50.9. The minimum Gasteiger partial charge on any atom is -0.497 e. The number of amides is 4. The molecule has 4 aliphatic rings. The van der Waals surface area contributed by atoms with Gasteiger partial charge in [-0.3, -0.25) is 19.2 Å². The molecule has 0 radical (unpaired) electrons. The SMILES string of the molecule is C.C.COc1ccc(CN2Cc3nc(-c4c(F)cccc4F)nc(Cc4ccc(C5CCNC5=O)cc4)c3C2=O)c(OC)c1.O=C1NCc2nc(-c3c(F)cccc3F)nc(Cc3ccc(C4CCNC4=O)cc3)c21. The molecular weight excluding hydrogens is 969 g/mol. The van der Waals surface area contributed by atoms with Gasteiger partial charge in [-0.25, -0.2) is 37.5 Å². The highest BCUT2D eigenvalue weighted by Gasteiger charge is 2.35. The number of aromatic nitrogens is 4. The summed E-state index contributed by atoms with van der Waals surface area (Å²) in [5.74, 6) is -3.01. The molecule has 3 N–H and O–H groups in total. The van der Waals surface area contributed by atoms with Crippen LogP contribution < -0.4 is 25.4 Å². The Morgan fingerprint density at radius 3 is 1.53 bits per heavy atom. The molecule has 386 valence electrons. The molecule has 0 saturated carbocycles. The van der Waals surface area contributed by atoms with Gasteiger partial charge < -0.3 is 30.3 Å². The fourth-order valence-corrected chi connectivity index (χ4v) is 9.70. The van der Waals surface area contributed by atoms with Gasteiger partial charge >= 0.3 is 0 Å². The lowest BCUT2D eigenvalue weighted by Gasteiger charge is -2.18. The van der Waals surface area contributed by atoms with E-state index >= 15 is 0 Å². The molecule has 6 heterocycles. The van der Waals surface area contributed by atoms with Crippen LogP contribution in [0.25, 0.3) is 22.8 Å². The van der Waals surface area contributed by atoms with E-state index in [0.717, 1.165) is 64.9 Å². The Labute approximate surface area is 431 Å². The van der Waals surface area contributed by atoms with Crippen LogP contribution in [0.4, 0.5) is 17.6 Å². The maximum atomic E-state index is 14.8. The average Bonchev–Trinajstić information content (AvgIpc) is 4.19. The molecule has 5 aromatic carbocycles. The van der Waals surface area contributed by atoms with Crippen molar-refractivity contribution in [1.29, 1.82) is 0 Å². The van der Waals surface area contributed by atoms with Crippen molar-refractivity contribution in [1.82, 2.24) is 40.8 Å². The van der Waals surface area contributed by atoms with Crippen molar-refractivity contribution in [2.45, 2.75) is 72.0 Å². The Hall–Kier alpha value is -8.54. The van der Waals surface area contributed by atoms with Gasteiger partial charge in [0.1, 0.15) is 34.8 Å². The molecule has 18 heteroatoms. The van der Waals surface area contributed by atoms with Crippen LogP contribution in [0.15, 0.2) is 103 Å². The number of nitrogens with zero attached hydrogens (tertiary/aromatic N) is 5. The van der Waals surface area contributed by atoms with Gasteiger partial charge in [-0.05, 0) is 71.5 Å². The lowest BCUT2D eigenvalue weighted by atomic mass is 9.95. The number of nitrogens with one attached hydrogen (secondary N) is 3. The standard InChI is InChI=1S/C32H28F2N4O4.C23H18F2N4O2.2CH4/c1-41-21-11-10-20(27(15-21)42-2)16-38-17-26-29(32(38)40)25(36-30(37-26)28-23(33)4-3-5-24(28)34)14-18-6-8-19(9-7-18)22-12-13-35-31(22)39;24-15-2-1-3-16(25)19(15)21-28-17(20-18(29-21)11-27-23(20)31)10-12-4-6-13(7-5-12)14-8-9-26-22(14)30;;/h3-11,15,22H,12-14,16-17H2,1-2H3,(H,35,39);1-7,14H,8-11H2,(H,26,30)(H,27,31);2*1H4. The number of methoxy groups -OCH3 is 2. The van der Waals surface area contributed by atoms with E-state index in [4.69, 9.17) is 9.47 Å². The van der Waals surface area contributed by atoms with Crippen LogP contribution in [-0.2, 0) is 42.1 Å². The quantitative estimate of drug-likeness (QED) is 0.100. The van der Waals surface area contributed by atoms with Crippen molar-refractivity contribution in [3.05, 3.63) is 188 Å². The minimum absolute atomic E-state index is 0. The topological polar surface area (TPSA) is 178 Å². The van der Waals surface area contributed by atoms with Gasteiger partial charge in [-0.2, -0.15) is 0 Å². The fourth-order valence-electron chi connectivity index (χ4n) is 9.70. The maximum Gasteiger partial charge on any atom is 0.258 e. The van der Waals surface area contributed by atoms with Crippen LogP contribution >= 0.6 is 0 Å². The van der Waals surface area contributed by atoms with Crippen molar-refractivity contribution in [2.24, 2.45) is 0 Å². The van der Waals surface area contributed by atoms with Gasteiger partial charge in [0, 0.05) is 37.6 Å². The van der Waals surface area contributed by atoms with Gasteiger partial charge in [-0.15, -0.1) is 0 Å². The molecule has 14 nitrogen and oxygen atoms in total. The highest BCUT2D eigenvalue weighted by Crippen LogP contribution is 2.35. The summed E-state index contributed by atoms with van der Waals surface area (Å²) in [7, 11) is 3.10. The number of halogens is 4. The normalized spacial score (nSPS) is 16.2. The largest absolute Gasteiger partial charge is 0.497 e. The Kier molecular flexibility index (Phi) is 15.7. The summed E-state index contributed by atoms with van der Waals surface area (Å²) in [6.45, 7) is 1.86. The molecular formula is C57H54F4N8O6. The molecule has 0 aliphatic carbocycles. The lowest BCUT2D eigenvalue weighted by Crippen LogP contribution is -2.24. The summed E-state index contributed by atoms with van der Waals surface area (Å²) in [6.07, 6.45) is 2.02. The van der Waals surface area contributed by atoms with Crippen LogP contribution in [0.3, 0.4) is 0 Å². The number of hydrogen-bond acceptors (Lipinski definition) is 10. The first-order valence-corrected chi connectivity index (χ1v) is 23.6. The van der Waals surface area contributed by atoms with E-state index < -0.39 is 23.3 Å². The van der Waals surface area contributed by atoms with E-state index in [0.29, 0.717) is 64.9 Å². The first-order chi connectivity index (χ1) is 35.4. The molecule has 11 rings (SSSR count). The zero-order valence-corrected chi connectivity index (χ0v) is 39.5. The minimum atomic E-state index is -0.788. The highest BCUT2D eigenvalue weighted by atomic mass is 19.1. The van der Waals surface area contributed by atoms with E-state index in [2.05, 4.69) is 35.9 Å². The van der Waals surface area contributed by atoms with Crippen LogP contribution in [0.5, 0.6) is 11.5 Å². The number of hydrogen-bond donors (Lipinski definition) is 3. The molecule has 2 atom stereocenters. The molecule has 2 aromatic heterocycles. The van der Waals surface area contributed by atoms with Crippen molar-refractivity contribution in [2.75, 3.05) is 27.3 Å². The molecule has 4 aliphatic heterocycles. The van der Waals surface area contributed by atoms with E-state index in [1.165, 1.54) is 12.1 Å². The molecule has 7 aromatic rings. The van der Waals surface area contributed by atoms with E-state index in [1.54, 1.807) is 31.3 Å². The molecule has 0 spiro atoms. The molecule has 0 bridgehead atoms. The highest BCUT2D eigenvalue weighted by molar-refractivity contribution is 6.00. The third kappa shape index (κ3) is 10.6. The number of fused-ring (bicyclic) bond motifs is 2. The number of carbonyl (C=O) groups excluding carboxylic acids is 4.